The van der Waals surface area contributed by atoms with Crippen LogP contribution in [0.1, 0.15) is 23.5 Å². The summed E-state index contributed by atoms with van der Waals surface area (Å²) in [5, 5.41) is 10.7. The van der Waals surface area contributed by atoms with Gasteiger partial charge in [-0.1, -0.05) is 12.2 Å². The minimum Gasteiger partial charge on any atom is -0.497 e. The van der Waals surface area contributed by atoms with E-state index in [0.29, 0.717) is 18.0 Å². The zero-order chi connectivity index (χ0) is 19.1. The Morgan fingerprint density at radius 3 is 3.18 bits per heavy atom. The molecule has 2 aromatic heterocycles. The average molecular weight is 380 g/mol. The number of aromatic amines is 1. The fourth-order valence-corrected chi connectivity index (χ4v) is 3.99. The quantitative estimate of drug-likeness (QED) is 0.857. The van der Waals surface area contributed by atoms with Crippen molar-refractivity contribution in [2.24, 2.45) is 10.9 Å². The van der Waals surface area contributed by atoms with Gasteiger partial charge in [0, 0.05) is 42.2 Å². The maximum absolute atomic E-state index is 14.5. The van der Waals surface area contributed by atoms with E-state index in [-0.39, 0.29) is 17.8 Å². The number of rotatable bonds is 3. The molecule has 0 radical (unpaired) electrons. The van der Waals surface area contributed by atoms with E-state index in [0.717, 1.165) is 30.0 Å². The average Bonchev–Trinajstić information content (AvgIpc) is 3.37. The first-order chi connectivity index (χ1) is 13.7. The molecule has 0 saturated heterocycles. The summed E-state index contributed by atoms with van der Waals surface area (Å²) < 4.78 is 21.7. The van der Waals surface area contributed by atoms with Gasteiger partial charge in [0.1, 0.15) is 17.6 Å². The van der Waals surface area contributed by atoms with Crippen LogP contribution in [0.3, 0.4) is 0 Å². The molecule has 3 atom stereocenters. The summed E-state index contributed by atoms with van der Waals surface area (Å²) in [6.45, 7) is 0.781. The Balaban J connectivity index is 1.42. The van der Waals surface area contributed by atoms with Gasteiger partial charge in [0.2, 0.25) is 0 Å². The molecule has 2 aliphatic carbocycles. The summed E-state index contributed by atoms with van der Waals surface area (Å²) in [6, 6.07) is -0.430. The van der Waals surface area contributed by atoms with E-state index in [1.54, 1.807) is 6.20 Å². The van der Waals surface area contributed by atoms with Crippen LogP contribution in [0.5, 0.6) is 0 Å². The molecule has 2 N–H and O–H groups in total. The smallest absolute Gasteiger partial charge is 0.175 e. The summed E-state index contributed by atoms with van der Waals surface area (Å²) in [6.07, 6.45) is 14.5. The predicted molar refractivity (Wildman–Crippen MR) is 103 cm³/mol. The van der Waals surface area contributed by atoms with Crippen LogP contribution in [0.15, 0.2) is 53.4 Å². The van der Waals surface area contributed by atoms with Gasteiger partial charge < -0.3 is 14.6 Å². The number of hydrogen-bond acceptors (Lipinski definition) is 4. The molecular formula is C20H21FN6O. The zero-order valence-electron chi connectivity index (χ0n) is 15.5. The monoisotopic (exact) mass is 380 g/mol. The molecule has 3 heterocycles. The zero-order valence-corrected chi connectivity index (χ0v) is 15.5. The van der Waals surface area contributed by atoms with Crippen molar-refractivity contribution in [3.8, 4) is 0 Å². The van der Waals surface area contributed by atoms with Gasteiger partial charge in [-0.25, -0.2) is 9.37 Å². The van der Waals surface area contributed by atoms with E-state index in [9.17, 15) is 4.39 Å². The number of fused-ring (bicyclic) bond motifs is 2. The number of aromatic nitrogens is 4. The van der Waals surface area contributed by atoms with Crippen LogP contribution in [0.4, 0.5) is 4.39 Å². The minimum absolute atomic E-state index is 0.133. The van der Waals surface area contributed by atoms with Crippen LogP contribution >= 0.6 is 0 Å². The van der Waals surface area contributed by atoms with Gasteiger partial charge in [0.15, 0.2) is 11.7 Å². The van der Waals surface area contributed by atoms with E-state index in [1.807, 2.05) is 18.5 Å². The maximum atomic E-state index is 14.5. The van der Waals surface area contributed by atoms with Crippen molar-refractivity contribution in [2.45, 2.75) is 31.5 Å². The highest BCUT2D eigenvalue weighted by atomic mass is 19.1. The Kier molecular flexibility index (Phi) is 4.11. The third-order valence-corrected chi connectivity index (χ3v) is 5.54. The van der Waals surface area contributed by atoms with E-state index < -0.39 is 6.04 Å². The normalized spacial score (nSPS) is 27.5. The van der Waals surface area contributed by atoms with Crippen LogP contribution < -0.4 is 5.32 Å². The van der Waals surface area contributed by atoms with Gasteiger partial charge in [0.05, 0.1) is 19.3 Å². The van der Waals surface area contributed by atoms with E-state index in [4.69, 9.17) is 4.74 Å². The molecule has 7 nitrogen and oxygen atoms in total. The lowest BCUT2D eigenvalue weighted by Crippen LogP contribution is -2.49. The van der Waals surface area contributed by atoms with E-state index >= 15 is 0 Å². The molecule has 0 spiro atoms. The molecule has 3 aliphatic rings. The number of imidazole rings is 1. The SMILES string of the molecule is COC1=CCC(N=C2NC(C3C=Cc4cn[nH]c4C3)Cn3ccnc32)C(F)=C1. The molecule has 0 aromatic carbocycles. The molecule has 2 aromatic rings. The van der Waals surface area contributed by atoms with Crippen molar-refractivity contribution in [1.29, 1.82) is 0 Å². The van der Waals surface area contributed by atoms with Crippen molar-refractivity contribution in [3.05, 3.63) is 65.5 Å². The number of nitrogens with zero attached hydrogens (tertiary/aromatic N) is 4. The summed E-state index contributed by atoms with van der Waals surface area (Å²) in [5.74, 6) is 1.89. The number of H-pyrrole nitrogens is 1. The number of methoxy groups -OCH3 is 1. The molecular weight excluding hydrogens is 359 g/mol. The van der Waals surface area contributed by atoms with Crippen molar-refractivity contribution in [2.75, 3.05) is 7.11 Å². The lowest BCUT2D eigenvalue weighted by molar-refractivity contribution is 0.298. The van der Waals surface area contributed by atoms with Crippen LogP contribution in [0.25, 0.3) is 6.08 Å². The van der Waals surface area contributed by atoms with Crippen molar-refractivity contribution in [3.63, 3.8) is 0 Å². The first-order valence-corrected chi connectivity index (χ1v) is 9.39. The molecule has 144 valence electrons. The van der Waals surface area contributed by atoms with Crippen LogP contribution in [0, 0.1) is 5.92 Å². The predicted octanol–water partition coefficient (Wildman–Crippen LogP) is 2.37. The fourth-order valence-electron chi connectivity index (χ4n) is 3.99. The Morgan fingerprint density at radius 2 is 2.32 bits per heavy atom. The third kappa shape index (κ3) is 2.94. The number of aliphatic imine (C=N–C) groups is 1. The number of ether oxygens (including phenoxy) is 1. The summed E-state index contributed by atoms with van der Waals surface area (Å²) >= 11 is 0. The second-order valence-electron chi connectivity index (χ2n) is 7.25. The van der Waals surface area contributed by atoms with Gasteiger partial charge in [-0.2, -0.15) is 5.10 Å². The fraction of sp³-hybridized carbons (Fsp3) is 0.350. The molecule has 0 fully saturated rings. The summed E-state index contributed by atoms with van der Waals surface area (Å²) in [7, 11) is 1.54. The van der Waals surface area contributed by atoms with Crippen molar-refractivity contribution < 1.29 is 9.13 Å². The second-order valence-corrected chi connectivity index (χ2v) is 7.25. The largest absolute Gasteiger partial charge is 0.497 e. The second kappa shape index (κ2) is 6.78. The van der Waals surface area contributed by atoms with Gasteiger partial charge >= 0.3 is 0 Å². The van der Waals surface area contributed by atoms with E-state index in [1.165, 1.54) is 13.2 Å². The van der Waals surface area contributed by atoms with Crippen LogP contribution in [-0.2, 0) is 17.7 Å². The first kappa shape index (κ1) is 17.0. The minimum atomic E-state index is -0.564. The topological polar surface area (TPSA) is 80.1 Å². The highest BCUT2D eigenvalue weighted by Crippen LogP contribution is 2.27. The summed E-state index contributed by atoms with van der Waals surface area (Å²) in [4.78, 5) is 9.09. The Labute approximate surface area is 161 Å². The van der Waals surface area contributed by atoms with Gasteiger partial charge in [-0.3, -0.25) is 10.1 Å². The van der Waals surface area contributed by atoms with Crippen LogP contribution in [0.2, 0.25) is 0 Å². The van der Waals surface area contributed by atoms with Crippen molar-refractivity contribution in [1.82, 2.24) is 25.1 Å². The number of hydrogen-bond donors (Lipinski definition) is 2. The van der Waals surface area contributed by atoms with E-state index in [2.05, 4.69) is 42.2 Å². The van der Waals surface area contributed by atoms with Crippen LogP contribution in [-0.4, -0.2) is 44.8 Å². The molecule has 0 saturated carbocycles. The first-order valence-electron chi connectivity index (χ1n) is 9.39. The third-order valence-electron chi connectivity index (χ3n) is 5.54. The number of allylic oxidation sites excluding steroid dienone is 1. The Hall–Kier alpha value is -3.16. The molecule has 0 amide bonds. The van der Waals surface area contributed by atoms with Gasteiger partial charge in [0.25, 0.3) is 0 Å². The maximum Gasteiger partial charge on any atom is 0.175 e. The summed E-state index contributed by atoms with van der Waals surface area (Å²) in [5.41, 5.74) is 2.28. The molecule has 8 heteroatoms. The highest BCUT2D eigenvalue weighted by molar-refractivity contribution is 5.97. The number of halogens is 1. The Bertz CT molecular complexity index is 1010. The van der Waals surface area contributed by atoms with Crippen molar-refractivity contribution >= 4 is 11.9 Å². The molecule has 0 bridgehead atoms. The number of nitrogens with one attached hydrogen (secondary N) is 2. The highest BCUT2D eigenvalue weighted by Gasteiger charge is 2.31. The Morgan fingerprint density at radius 1 is 1.39 bits per heavy atom. The molecule has 28 heavy (non-hydrogen) atoms. The standard InChI is InChI=1S/C20H21FN6O/c1-28-14-4-5-16(15(21)9-14)24-19-20-22-6-7-27(20)11-18(25-19)12-2-3-13-10-23-26-17(13)8-12/h2-4,6-7,9-10,12,16,18H,5,8,11H2,1H3,(H,23,26)(H,24,25). The molecule has 5 rings (SSSR count). The lowest BCUT2D eigenvalue weighted by Gasteiger charge is -2.33. The lowest BCUT2D eigenvalue weighted by atomic mass is 9.88. The molecule has 3 unspecified atom stereocenters. The number of amidine groups is 1. The van der Waals surface area contributed by atoms with Gasteiger partial charge in [-0.15, -0.1) is 0 Å². The molecule has 1 aliphatic heterocycles. The van der Waals surface area contributed by atoms with Gasteiger partial charge in [-0.05, 0) is 18.9 Å².